The smallest absolute Gasteiger partial charge is 0.414 e. The Hall–Kier alpha value is -6.22. The fourth-order valence-electron chi connectivity index (χ4n) is 5.61. The lowest BCUT2D eigenvalue weighted by molar-refractivity contribution is 0.0960. The molecule has 296 valence electrons. The molecule has 57 heavy (non-hydrogen) atoms. The SMILES string of the molecule is ClCCl.Cn1nnc(-c2ccc(-c3ccc(N4C[C@H](CO)OC4=O)cc3F)cn2)n1.Cn1nnc(-c2ccc(-c3ccc(N4C[C@H](CO)OC4=O)cc3F)cn2)n1. The number of anilines is 2. The second-order valence-corrected chi connectivity index (χ2v) is 12.9. The zero-order chi connectivity index (χ0) is 40.6. The van der Waals surface area contributed by atoms with Gasteiger partial charge in [0.15, 0.2) is 0 Å². The molecule has 2 aliphatic heterocycles. The number of tetrazole rings is 2. The Balaban J connectivity index is 0.000000180. The number of halogens is 4. The van der Waals surface area contributed by atoms with Gasteiger partial charge < -0.3 is 19.7 Å². The van der Waals surface area contributed by atoms with E-state index in [2.05, 4.69) is 40.8 Å². The highest BCUT2D eigenvalue weighted by Crippen LogP contribution is 2.31. The lowest BCUT2D eigenvalue weighted by atomic mass is 10.1. The van der Waals surface area contributed by atoms with Gasteiger partial charge in [-0.2, -0.15) is 9.59 Å². The average molecular weight is 826 g/mol. The van der Waals surface area contributed by atoms with Crippen LogP contribution in [-0.2, 0) is 23.6 Å². The standard InChI is InChI=1S/2C17H15FN6O3.CH2Cl2/c2*1-23-21-16(20-22-23)15-5-2-10(7-19-15)13-4-3-11(6-14(13)18)24-8-12(9-25)27-17(24)26;2-1-3/h2*2-7,12,25H,8-9H2,1H3;1H2/t2*12-;/m11./s1. The summed E-state index contributed by atoms with van der Waals surface area (Å²) in [6.07, 6.45) is 0.622. The Bertz CT molecular complexity index is 2170. The number of hydrogen-bond acceptors (Lipinski definition) is 14. The van der Waals surface area contributed by atoms with Gasteiger partial charge in [-0.25, -0.2) is 18.4 Å². The maximum atomic E-state index is 14.6. The summed E-state index contributed by atoms with van der Waals surface area (Å²) in [6.45, 7) is -0.200. The Morgan fingerprint density at radius 2 is 1.09 bits per heavy atom. The maximum Gasteiger partial charge on any atom is 0.414 e. The second-order valence-electron chi connectivity index (χ2n) is 12.1. The maximum absolute atomic E-state index is 14.6. The summed E-state index contributed by atoms with van der Waals surface area (Å²) in [6, 6.07) is 15.7. The molecule has 0 unspecified atom stereocenters. The molecule has 0 aliphatic carbocycles. The number of rotatable bonds is 8. The molecular weight excluding hydrogens is 793 g/mol. The van der Waals surface area contributed by atoms with E-state index >= 15 is 0 Å². The highest BCUT2D eigenvalue weighted by atomic mass is 35.5. The number of alkyl halides is 2. The first-order valence-corrected chi connectivity index (χ1v) is 17.9. The molecular formula is C35H32Cl2F2N12O6. The Morgan fingerprint density at radius 3 is 1.37 bits per heavy atom. The van der Waals surface area contributed by atoms with Crippen LogP contribution in [0.3, 0.4) is 0 Å². The van der Waals surface area contributed by atoms with Crippen molar-refractivity contribution in [1.82, 2.24) is 50.4 Å². The molecule has 4 aromatic heterocycles. The van der Waals surface area contributed by atoms with Gasteiger partial charge in [0, 0.05) is 34.6 Å². The van der Waals surface area contributed by atoms with E-state index in [1.807, 2.05) is 0 Å². The molecule has 2 N–H and O–H groups in total. The number of pyridine rings is 2. The van der Waals surface area contributed by atoms with Crippen LogP contribution in [0, 0.1) is 11.6 Å². The van der Waals surface area contributed by atoms with Crippen LogP contribution in [0.15, 0.2) is 73.1 Å². The molecule has 2 saturated heterocycles. The van der Waals surface area contributed by atoms with Crippen molar-refractivity contribution in [3.8, 4) is 45.3 Å². The van der Waals surface area contributed by atoms with Crippen LogP contribution in [-0.4, -0.2) is 117 Å². The number of aliphatic hydroxyl groups excluding tert-OH is 2. The van der Waals surface area contributed by atoms with Crippen molar-refractivity contribution in [3.63, 3.8) is 0 Å². The molecule has 2 amide bonds. The van der Waals surface area contributed by atoms with Gasteiger partial charge in [-0.1, -0.05) is 12.1 Å². The third kappa shape index (κ3) is 9.43. The van der Waals surface area contributed by atoms with E-state index in [-0.39, 0.29) is 31.6 Å². The number of hydrogen-bond donors (Lipinski definition) is 2. The molecule has 0 bridgehead atoms. The first kappa shape index (κ1) is 40.4. The zero-order valence-corrected chi connectivity index (χ0v) is 31.5. The van der Waals surface area contributed by atoms with Crippen LogP contribution in [0.5, 0.6) is 0 Å². The third-order valence-electron chi connectivity index (χ3n) is 8.31. The fourth-order valence-corrected chi connectivity index (χ4v) is 5.61. The van der Waals surface area contributed by atoms with Gasteiger partial charge in [0.05, 0.1) is 57.1 Å². The van der Waals surface area contributed by atoms with E-state index in [4.69, 9.17) is 42.9 Å². The number of benzene rings is 2. The van der Waals surface area contributed by atoms with Gasteiger partial charge in [-0.3, -0.25) is 19.8 Å². The van der Waals surface area contributed by atoms with Crippen LogP contribution >= 0.6 is 23.2 Å². The van der Waals surface area contributed by atoms with Crippen molar-refractivity contribution in [2.24, 2.45) is 14.1 Å². The fraction of sp³-hybridized carbons (Fsp3) is 0.257. The number of nitrogens with zero attached hydrogens (tertiary/aromatic N) is 12. The van der Waals surface area contributed by atoms with Gasteiger partial charge in [-0.15, -0.1) is 43.6 Å². The molecule has 6 aromatic rings. The van der Waals surface area contributed by atoms with E-state index in [1.54, 1.807) is 62.6 Å². The van der Waals surface area contributed by atoms with E-state index < -0.39 is 36.0 Å². The molecule has 0 radical (unpaired) electrons. The summed E-state index contributed by atoms with van der Waals surface area (Å²) in [5, 5.41) is 41.8. The summed E-state index contributed by atoms with van der Waals surface area (Å²) in [4.78, 5) is 37.4. The lowest BCUT2D eigenvalue weighted by Gasteiger charge is -2.14. The number of ether oxygens (including phenoxy) is 2. The average Bonchev–Trinajstić information content (AvgIpc) is 4.02. The Labute approximate surface area is 332 Å². The summed E-state index contributed by atoms with van der Waals surface area (Å²) in [7, 11) is 3.31. The number of cyclic esters (lactones) is 2. The number of aromatic nitrogens is 10. The van der Waals surface area contributed by atoms with E-state index in [0.29, 0.717) is 56.7 Å². The van der Waals surface area contributed by atoms with Crippen molar-refractivity contribution < 1.29 is 38.1 Å². The highest BCUT2D eigenvalue weighted by molar-refractivity contribution is 6.40. The first-order chi connectivity index (χ1) is 27.5. The molecule has 2 aromatic carbocycles. The Morgan fingerprint density at radius 1 is 0.684 bits per heavy atom. The molecule has 6 heterocycles. The molecule has 8 rings (SSSR count). The second kappa shape index (κ2) is 18.2. The van der Waals surface area contributed by atoms with Crippen molar-refractivity contribution in [3.05, 3.63) is 84.7 Å². The largest absolute Gasteiger partial charge is 0.441 e. The van der Waals surface area contributed by atoms with Gasteiger partial charge in [-0.05, 0) is 59.0 Å². The monoisotopic (exact) mass is 824 g/mol. The number of aliphatic hydroxyl groups is 2. The van der Waals surface area contributed by atoms with Crippen LogP contribution in [0.25, 0.3) is 45.3 Å². The molecule has 0 saturated carbocycles. The number of aryl methyl sites for hydroxylation is 2. The predicted octanol–water partition coefficient (Wildman–Crippen LogP) is 4.21. The molecule has 2 fully saturated rings. The lowest BCUT2D eigenvalue weighted by Crippen LogP contribution is -2.25. The zero-order valence-electron chi connectivity index (χ0n) is 30.0. The van der Waals surface area contributed by atoms with Crippen molar-refractivity contribution in [2.45, 2.75) is 12.2 Å². The summed E-state index contributed by atoms with van der Waals surface area (Å²) in [5.74, 6) is -0.239. The van der Waals surface area contributed by atoms with Crippen LogP contribution < -0.4 is 9.80 Å². The van der Waals surface area contributed by atoms with Crippen molar-refractivity contribution in [1.29, 1.82) is 0 Å². The minimum absolute atomic E-state index is 0.176. The minimum Gasteiger partial charge on any atom is -0.441 e. The van der Waals surface area contributed by atoms with Crippen molar-refractivity contribution >= 4 is 46.8 Å². The van der Waals surface area contributed by atoms with Gasteiger partial charge in [0.1, 0.15) is 35.2 Å². The third-order valence-corrected chi connectivity index (χ3v) is 8.31. The topological polar surface area (TPSA) is 213 Å². The minimum atomic E-state index is -0.608. The molecule has 2 atom stereocenters. The van der Waals surface area contributed by atoms with Crippen molar-refractivity contribution in [2.75, 3.05) is 41.4 Å². The number of amides is 2. The summed E-state index contributed by atoms with van der Waals surface area (Å²) >= 11 is 9.53. The van der Waals surface area contributed by atoms with Crippen LogP contribution in [0.1, 0.15) is 0 Å². The molecule has 18 nitrogen and oxygen atoms in total. The summed E-state index contributed by atoms with van der Waals surface area (Å²) < 4.78 is 39.2. The number of carbonyl (C=O) groups excluding carboxylic acids is 2. The van der Waals surface area contributed by atoms with E-state index in [0.717, 1.165) is 0 Å². The first-order valence-electron chi connectivity index (χ1n) is 16.8. The summed E-state index contributed by atoms with van der Waals surface area (Å²) in [5.41, 5.74) is 3.62. The van der Waals surface area contributed by atoms with Gasteiger partial charge in [0.2, 0.25) is 11.6 Å². The highest BCUT2D eigenvalue weighted by Gasteiger charge is 2.33. The van der Waals surface area contributed by atoms with Crippen LogP contribution in [0.2, 0.25) is 0 Å². The molecule has 0 spiro atoms. The predicted molar refractivity (Wildman–Crippen MR) is 201 cm³/mol. The molecule has 22 heteroatoms. The molecule has 2 aliphatic rings. The van der Waals surface area contributed by atoms with Crippen LogP contribution in [0.4, 0.5) is 29.7 Å². The van der Waals surface area contributed by atoms with Gasteiger partial charge in [0.25, 0.3) is 0 Å². The van der Waals surface area contributed by atoms with Gasteiger partial charge >= 0.3 is 12.2 Å². The number of carbonyl (C=O) groups is 2. The normalized spacial score (nSPS) is 16.1. The van der Waals surface area contributed by atoms with E-state index in [9.17, 15) is 18.4 Å². The quantitative estimate of drug-likeness (QED) is 0.206. The Kier molecular flexibility index (Phi) is 12.9. The van der Waals surface area contributed by atoms with E-state index in [1.165, 1.54) is 43.9 Å².